The number of hydrogen-bond acceptors (Lipinski definition) is 2. The highest BCUT2D eigenvalue weighted by Crippen LogP contribution is 2.04. The molecule has 3 heteroatoms. The number of aliphatic carboxylic acids is 1. The van der Waals surface area contributed by atoms with Crippen LogP contribution in [-0.2, 0) is 4.79 Å². The highest BCUT2D eigenvalue weighted by atomic mass is 16.4. The van der Waals surface area contributed by atoms with Crippen molar-refractivity contribution in [2.45, 2.75) is 32.7 Å². The SMILES string of the molecule is C=CCCN(CC)C(C)CC(=O)O. The number of carbonyl (C=O) groups is 1. The summed E-state index contributed by atoms with van der Waals surface area (Å²) in [5.41, 5.74) is 0. The third-order valence-electron chi connectivity index (χ3n) is 2.12. The molecule has 1 unspecified atom stereocenters. The van der Waals surface area contributed by atoms with Crippen LogP contribution in [0, 0.1) is 0 Å². The molecule has 0 saturated heterocycles. The molecule has 0 aliphatic carbocycles. The van der Waals surface area contributed by atoms with Crippen LogP contribution in [0.4, 0.5) is 0 Å². The van der Waals surface area contributed by atoms with E-state index in [1.807, 2.05) is 19.9 Å². The largest absolute Gasteiger partial charge is 0.481 e. The molecule has 0 saturated carbocycles. The summed E-state index contributed by atoms with van der Waals surface area (Å²) >= 11 is 0. The van der Waals surface area contributed by atoms with Crippen molar-refractivity contribution < 1.29 is 9.90 Å². The molecule has 0 bridgehead atoms. The molecule has 0 aliphatic heterocycles. The normalized spacial score (nSPS) is 12.8. The second-order valence-electron chi connectivity index (χ2n) is 3.15. The van der Waals surface area contributed by atoms with Crippen molar-refractivity contribution in [3.05, 3.63) is 12.7 Å². The zero-order chi connectivity index (χ0) is 10.3. The lowest BCUT2D eigenvalue weighted by atomic mass is 10.2. The van der Waals surface area contributed by atoms with E-state index in [9.17, 15) is 4.79 Å². The molecule has 1 atom stereocenters. The van der Waals surface area contributed by atoms with Crippen LogP contribution in [0.1, 0.15) is 26.7 Å². The van der Waals surface area contributed by atoms with Crippen LogP contribution in [0.25, 0.3) is 0 Å². The minimum absolute atomic E-state index is 0.113. The number of nitrogens with zero attached hydrogens (tertiary/aromatic N) is 1. The lowest BCUT2D eigenvalue weighted by Crippen LogP contribution is -2.35. The molecule has 0 fully saturated rings. The Morgan fingerprint density at radius 1 is 1.69 bits per heavy atom. The first-order chi connectivity index (χ1) is 6.11. The summed E-state index contributed by atoms with van der Waals surface area (Å²) in [6, 6.07) is 0.113. The van der Waals surface area contributed by atoms with Gasteiger partial charge in [0, 0.05) is 12.6 Å². The molecule has 76 valence electrons. The molecule has 1 N–H and O–H groups in total. The maximum Gasteiger partial charge on any atom is 0.304 e. The predicted octanol–water partition coefficient (Wildman–Crippen LogP) is 1.75. The van der Waals surface area contributed by atoms with E-state index in [0.717, 1.165) is 19.5 Å². The van der Waals surface area contributed by atoms with Gasteiger partial charge in [0.2, 0.25) is 0 Å². The highest BCUT2D eigenvalue weighted by molar-refractivity contribution is 5.67. The standard InChI is InChI=1S/C10H19NO2/c1-4-6-7-11(5-2)9(3)8-10(12)13/h4,9H,1,5-8H2,2-3H3,(H,12,13). The van der Waals surface area contributed by atoms with E-state index in [4.69, 9.17) is 5.11 Å². The fraction of sp³-hybridized carbons (Fsp3) is 0.700. The van der Waals surface area contributed by atoms with Crippen LogP contribution >= 0.6 is 0 Å². The van der Waals surface area contributed by atoms with E-state index in [2.05, 4.69) is 11.5 Å². The number of rotatable bonds is 7. The lowest BCUT2D eigenvalue weighted by Gasteiger charge is -2.25. The van der Waals surface area contributed by atoms with Gasteiger partial charge in [-0.2, -0.15) is 0 Å². The average molecular weight is 185 g/mol. The molecule has 0 aromatic carbocycles. The quantitative estimate of drug-likeness (QED) is 0.614. The topological polar surface area (TPSA) is 40.5 Å². The van der Waals surface area contributed by atoms with Gasteiger partial charge in [0.05, 0.1) is 6.42 Å². The van der Waals surface area contributed by atoms with Crippen LogP contribution in [0.5, 0.6) is 0 Å². The van der Waals surface area contributed by atoms with E-state index in [1.54, 1.807) is 0 Å². The van der Waals surface area contributed by atoms with Gasteiger partial charge < -0.3 is 10.0 Å². The van der Waals surface area contributed by atoms with Gasteiger partial charge in [-0.05, 0) is 19.9 Å². The molecule has 3 nitrogen and oxygen atoms in total. The Morgan fingerprint density at radius 3 is 2.69 bits per heavy atom. The first kappa shape index (κ1) is 12.2. The molecule has 0 amide bonds. The lowest BCUT2D eigenvalue weighted by molar-refractivity contribution is -0.138. The molecule has 0 spiro atoms. The molecule has 0 radical (unpaired) electrons. The van der Waals surface area contributed by atoms with Crippen LogP contribution in [0.2, 0.25) is 0 Å². The van der Waals surface area contributed by atoms with Gasteiger partial charge in [0.1, 0.15) is 0 Å². The van der Waals surface area contributed by atoms with Crippen LogP contribution in [-0.4, -0.2) is 35.1 Å². The number of hydrogen-bond donors (Lipinski definition) is 1. The zero-order valence-corrected chi connectivity index (χ0v) is 8.49. The van der Waals surface area contributed by atoms with Gasteiger partial charge in [-0.1, -0.05) is 13.0 Å². The average Bonchev–Trinajstić information content (AvgIpc) is 2.04. The Kier molecular flexibility index (Phi) is 6.24. The Bertz CT molecular complexity index is 168. The third-order valence-corrected chi connectivity index (χ3v) is 2.12. The Morgan fingerprint density at radius 2 is 2.31 bits per heavy atom. The fourth-order valence-electron chi connectivity index (χ4n) is 1.33. The Balaban J connectivity index is 3.90. The summed E-state index contributed by atoms with van der Waals surface area (Å²) in [5, 5.41) is 8.61. The maximum absolute atomic E-state index is 10.5. The number of carboxylic acids is 1. The van der Waals surface area contributed by atoms with Crippen molar-refractivity contribution in [1.82, 2.24) is 4.90 Å². The van der Waals surface area contributed by atoms with Crippen molar-refractivity contribution in [3.8, 4) is 0 Å². The van der Waals surface area contributed by atoms with Crippen molar-refractivity contribution >= 4 is 5.97 Å². The second-order valence-corrected chi connectivity index (χ2v) is 3.15. The minimum Gasteiger partial charge on any atom is -0.481 e. The zero-order valence-electron chi connectivity index (χ0n) is 8.49. The summed E-state index contributed by atoms with van der Waals surface area (Å²) in [6.07, 6.45) is 2.99. The Hall–Kier alpha value is -0.830. The van der Waals surface area contributed by atoms with E-state index in [0.29, 0.717) is 0 Å². The van der Waals surface area contributed by atoms with Crippen molar-refractivity contribution in [2.75, 3.05) is 13.1 Å². The van der Waals surface area contributed by atoms with Crippen molar-refractivity contribution in [2.24, 2.45) is 0 Å². The minimum atomic E-state index is -0.732. The first-order valence-corrected chi connectivity index (χ1v) is 4.68. The molecule has 0 aliphatic rings. The molecular weight excluding hydrogens is 166 g/mol. The maximum atomic E-state index is 10.5. The molecule has 0 rings (SSSR count). The van der Waals surface area contributed by atoms with E-state index in [-0.39, 0.29) is 12.5 Å². The molecule has 13 heavy (non-hydrogen) atoms. The monoisotopic (exact) mass is 185 g/mol. The van der Waals surface area contributed by atoms with Gasteiger partial charge >= 0.3 is 5.97 Å². The molecule has 0 aromatic rings. The summed E-state index contributed by atoms with van der Waals surface area (Å²) in [5.74, 6) is -0.732. The summed E-state index contributed by atoms with van der Waals surface area (Å²) in [7, 11) is 0. The smallest absolute Gasteiger partial charge is 0.304 e. The third kappa shape index (κ3) is 5.42. The van der Waals surface area contributed by atoms with Gasteiger partial charge in [0.15, 0.2) is 0 Å². The number of carboxylic acid groups (broad SMARTS) is 1. The van der Waals surface area contributed by atoms with Crippen molar-refractivity contribution in [3.63, 3.8) is 0 Å². The van der Waals surface area contributed by atoms with E-state index >= 15 is 0 Å². The summed E-state index contributed by atoms with van der Waals surface area (Å²) < 4.78 is 0. The molecular formula is C10H19NO2. The van der Waals surface area contributed by atoms with E-state index < -0.39 is 5.97 Å². The summed E-state index contributed by atoms with van der Waals surface area (Å²) in [6.45, 7) is 9.42. The Labute approximate surface area is 80.0 Å². The van der Waals surface area contributed by atoms with Gasteiger partial charge in [-0.15, -0.1) is 6.58 Å². The predicted molar refractivity (Wildman–Crippen MR) is 53.8 cm³/mol. The second kappa shape index (κ2) is 6.66. The fourth-order valence-corrected chi connectivity index (χ4v) is 1.33. The molecule has 0 heterocycles. The van der Waals surface area contributed by atoms with Crippen LogP contribution < -0.4 is 0 Å². The van der Waals surface area contributed by atoms with Crippen molar-refractivity contribution in [1.29, 1.82) is 0 Å². The molecule has 0 aromatic heterocycles. The van der Waals surface area contributed by atoms with Gasteiger partial charge in [0.25, 0.3) is 0 Å². The van der Waals surface area contributed by atoms with Crippen LogP contribution in [0.3, 0.4) is 0 Å². The summed E-state index contributed by atoms with van der Waals surface area (Å²) in [4.78, 5) is 12.6. The van der Waals surface area contributed by atoms with Gasteiger partial charge in [-0.3, -0.25) is 4.79 Å². The van der Waals surface area contributed by atoms with E-state index in [1.165, 1.54) is 0 Å². The van der Waals surface area contributed by atoms with Gasteiger partial charge in [-0.25, -0.2) is 0 Å². The van der Waals surface area contributed by atoms with Crippen LogP contribution in [0.15, 0.2) is 12.7 Å². The highest BCUT2D eigenvalue weighted by Gasteiger charge is 2.13. The first-order valence-electron chi connectivity index (χ1n) is 4.68.